The molecule has 2 rings (SSSR count). The van der Waals surface area contributed by atoms with Gasteiger partial charge in [-0.15, -0.1) is 0 Å². The van der Waals surface area contributed by atoms with Crippen LogP contribution < -0.4 is 0 Å². The lowest BCUT2D eigenvalue weighted by Gasteiger charge is -2.27. The molecule has 0 saturated carbocycles. The van der Waals surface area contributed by atoms with Gasteiger partial charge in [0, 0.05) is 25.7 Å². The molecule has 82 valence electrons. The number of rotatable bonds is 1. The SMILES string of the molecule is CN1CCC2CN(CC(C)(C)C)CC21. The van der Waals surface area contributed by atoms with E-state index in [1.165, 1.54) is 32.6 Å². The minimum atomic E-state index is 0.456. The Morgan fingerprint density at radius 1 is 1.21 bits per heavy atom. The second kappa shape index (κ2) is 3.49. The van der Waals surface area contributed by atoms with Crippen molar-refractivity contribution in [3.63, 3.8) is 0 Å². The molecule has 0 aromatic heterocycles. The van der Waals surface area contributed by atoms with Crippen molar-refractivity contribution in [3.05, 3.63) is 0 Å². The molecule has 2 saturated heterocycles. The molecule has 14 heavy (non-hydrogen) atoms. The second-order valence-electron chi connectivity index (χ2n) is 6.35. The molecule has 0 aromatic carbocycles. The van der Waals surface area contributed by atoms with Crippen LogP contribution in [0.4, 0.5) is 0 Å². The van der Waals surface area contributed by atoms with Crippen LogP contribution in [0.25, 0.3) is 0 Å². The van der Waals surface area contributed by atoms with Gasteiger partial charge in [-0.05, 0) is 31.3 Å². The summed E-state index contributed by atoms with van der Waals surface area (Å²) in [5.41, 5.74) is 0.456. The minimum absolute atomic E-state index is 0.456. The van der Waals surface area contributed by atoms with Crippen molar-refractivity contribution in [1.82, 2.24) is 9.80 Å². The first-order valence-corrected chi connectivity index (χ1v) is 5.88. The van der Waals surface area contributed by atoms with Crippen molar-refractivity contribution in [2.45, 2.75) is 33.2 Å². The maximum Gasteiger partial charge on any atom is 0.0261 e. The topological polar surface area (TPSA) is 6.48 Å². The first-order chi connectivity index (χ1) is 6.46. The number of hydrogen-bond donors (Lipinski definition) is 0. The number of fused-ring (bicyclic) bond motifs is 1. The van der Waals surface area contributed by atoms with Gasteiger partial charge in [0.1, 0.15) is 0 Å². The zero-order valence-electron chi connectivity index (χ0n) is 10.1. The van der Waals surface area contributed by atoms with E-state index in [2.05, 4.69) is 37.6 Å². The van der Waals surface area contributed by atoms with Gasteiger partial charge in [-0.3, -0.25) is 0 Å². The van der Waals surface area contributed by atoms with Gasteiger partial charge in [0.15, 0.2) is 0 Å². The summed E-state index contributed by atoms with van der Waals surface area (Å²) in [6.07, 6.45) is 1.42. The van der Waals surface area contributed by atoms with Crippen molar-refractivity contribution in [3.8, 4) is 0 Å². The number of hydrogen-bond acceptors (Lipinski definition) is 2. The molecule has 0 amide bonds. The van der Waals surface area contributed by atoms with E-state index in [1.54, 1.807) is 0 Å². The molecule has 2 atom stereocenters. The Morgan fingerprint density at radius 3 is 2.50 bits per heavy atom. The highest BCUT2D eigenvalue weighted by molar-refractivity contribution is 4.95. The molecule has 2 fully saturated rings. The molecular formula is C12H24N2. The lowest BCUT2D eigenvalue weighted by molar-refractivity contribution is 0.199. The van der Waals surface area contributed by atoms with Crippen LogP contribution in [-0.2, 0) is 0 Å². The van der Waals surface area contributed by atoms with Crippen LogP contribution in [0.1, 0.15) is 27.2 Å². The maximum atomic E-state index is 2.66. The highest BCUT2D eigenvalue weighted by Crippen LogP contribution is 2.31. The summed E-state index contributed by atoms with van der Waals surface area (Å²) in [4.78, 5) is 5.21. The molecule has 0 N–H and O–H groups in total. The Morgan fingerprint density at radius 2 is 1.93 bits per heavy atom. The molecule has 0 aliphatic carbocycles. The largest absolute Gasteiger partial charge is 0.302 e. The van der Waals surface area contributed by atoms with E-state index >= 15 is 0 Å². The van der Waals surface area contributed by atoms with Crippen molar-refractivity contribution in [1.29, 1.82) is 0 Å². The van der Waals surface area contributed by atoms with E-state index in [-0.39, 0.29) is 0 Å². The molecule has 2 aliphatic rings. The molecule has 0 bridgehead atoms. The van der Waals surface area contributed by atoms with E-state index in [9.17, 15) is 0 Å². The van der Waals surface area contributed by atoms with Crippen molar-refractivity contribution >= 4 is 0 Å². The zero-order valence-corrected chi connectivity index (χ0v) is 10.1. The van der Waals surface area contributed by atoms with Crippen molar-refractivity contribution in [2.75, 3.05) is 33.2 Å². The van der Waals surface area contributed by atoms with Crippen LogP contribution in [-0.4, -0.2) is 49.1 Å². The predicted octanol–water partition coefficient (Wildman–Crippen LogP) is 1.67. The quantitative estimate of drug-likeness (QED) is 0.629. The average Bonchev–Trinajstić information content (AvgIpc) is 2.51. The second-order valence-corrected chi connectivity index (χ2v) is 6.35. The first-order valence-electron chi connectivity index (χ1n) is 5.88. The summed E-state index contributed by atoms with van der Waals surface area (Å²) >= 11 is 0. The summed E-state index contributed by atoms with van der Waals surface area (Å²) in [7, 11) is 2.28. The third kappa shape index (κ3) is 2.12. The summed E-state index contributed by atoms with van der Waals surface area (Å²) in [5.74, 6) is 0.961. The summed E-state index contributed by atoms with van der Waals surface area (Å²) < 4.78 is 0. The van der Waals surface area contributed by atoms with E-state index in [4.69, 9.17) is 0 Å². The fourth-order valence-electron chi connectivity index (χ4n) is 3.06. The van der Waals surface area contributed by atoms with Crippen LogP contribution in [0.3, 0.4) is 0 Å². The highest BCUT2D eigenvalue weighted by Gasteiger charge is 2.39. The molecule has 2 heterocycles. The van der Waals surface area contributed by atoms with Gasteiger partial charge in [-0.1, -0.05) is 20.8 Å². The van der Waals surface area contributed by atoms with Crippen LogP contribution >= 0.6 is 0 Å². The predicted molar refractivity (Wildman–Crippen MR) is 60.4 cm³/mol. The molecule has 2 nitrogen and oxygen atoms in total. The van der Waals surface area contributed by atoms with Gasteiger partial charge >= 0.3 is 0 Å². The molecule has 2 aliphatic heterocycles. The normalized spacial score (nSPS) is 35.1. The lowest BCUT2D eigenvalue weighted by Crippen LogP contribution is -2.35. The third-order valence-electron chi connectivity index (χ3n) is 3.60. The third-order valence-corrected chi connectivity index (χ3v) is 3.60. The Kier molecular flexibility index (Phi) is 2.61. The maximum absolute atomic E-state index is 2.66. The first kappa shape index (κ1) is 10.4. The van der Waals surface area contributed by atoms with E-state index in [0.717, 1.165) is 12.0 Å². The minimum Gasteiger partial charge on any atom is -0.302 e. The van der Waals surface area contributed by atoms with E-state index in [0.29, 0.717) is 5.41 Å². The molecule has 0 aromatic rings. The average molecular weight is 196 g/mol. The molecule has 2 unspecified atom stereocenters. The van der Waals surface area contributed by atoms with Crippen LogP contribution in [0.5, 0.6) is 0 Å². The van der Waals surface area contributed by atoms with Crippen LogP contribution in [0, 0.1) is 11.3 Å². The molecular weight excluding hydrogens is 172 g/mol. The Labute approximate surface area is 88.3 Å². The van der Waals surface area contributed by atoms with Gasteiger partial charge in [0.25, 0.3) is 0 Å². The van der Waals surface area contributed by atoms with Gasteiger partial charge in [0.2, 0.25) is 0 Å². The van der Waals surface area contributed by atoms with Crippen molar-refractivity contribution in [2.24, 2.45) is 11.3 Å². The summed E-state index contributed by atoms with van der Waals surface area (Å²) in [6, 6.07) is 0.859. The lowest BCUT2D eigenvalue weighted by atomic mass is 9.96. The van der Waals surface area contributed by atoms with Crippen LogP contribution in [0.2, 0.25) is 0 Å². The van der Waals surface area contributed by atoms with Gasteiger partial charge < -0.3 is 9.80 Å². The molecule has 2 heteroatoms. The van der Waals surface area contributed by atoms with Gasteiger partial charge in [-0.2, -0.15) is 0 Å². The zero-order chi connectivity index (χ0) is 10.3. The highest BCUT2D eigenvalue weighted by atomic mass is 15.3. The monoisotopic (exact) mass is 196 g/mol. The Balaban J connectivity index is 1.90. The van der Waals surface area contributed by atoms with Crippen molar-refractivity contribution < 1.29 is 0 Å². The fraction of sp³-hybridized carbons (Fsp3) is 1.00. The van der Waals surface area contributed by atoms with E-state index < -0.39 is 0 Å². The number of likely N-dealkylation sites (N-methyl/N-ethyl adjacent to an activating group) is 1. The fourth-order valence-corrected chi connectivity index (χ4v) is 3.06. The standard InChI is InChI=1S/C12H24N2/c1-12(2,3)9-14-7-10-5-6-13(4)11(10)8-14/h10-11H,5-9H2,1-4H3. The smallest absolute Gasteiger partial charge is 0.0261 e. The Hall–Kier alpha value is -0.0800. The summed E-state index contributed by atoms with van der Waals surface area (Å²) in [5, 5.41) is 0. The van der Waals surface area contributed by atoms with Gasteiger partial charge in [-0.25, -0.2) is 0 Å². The summed E-state index contributed by atoms with van der Waals surface area (Å²) in [6.45, 7) is 12.2. The number of nitrogens with zero attached hydrogens (tertiary/aromatic N) is 2. The number of likely N-dealkylation sites (tertiary alicyclic amines) is 2. The van der Waals surface area contributed by atoms with Crippen LogP contribution in [0.15, 0.2) is 0 Å². The van der Waals surface area contributed by atoms with Gasteiger partial charge in [0.05, 0.1) is 0 Å². The molecule has 0 radical (unpaired) electrons. The van der Waals surface area contributed by atoms with E-state index in [1.807, 2.05) is 0 Å². The molecule has 0 spiro atoms. The Bertz CT molecular complexity index is 207.